The standard InChI is InChI=1S/C10H8F3N3O3/c11-10(12,13)7-3-6(4-14)8(16-5-7)18-1-2-19-9(15)17/h3,5H,1-2H2,(H2,15,17). The number of carbonyl (C=O) groups excluding carboxylic acids is 1. The van der Waals surface area contributed by atoms with Crippen LogP contribution in [-0.4, -0.2) is 24.3 Å². The summed E-state index contributed by atoms with van der Waals surface area (Å²) >= 11 is 0. The Bertz CT molecular complexity index is 511. The number of pyridine rings is 1. The number of ether oxygens (including phenoxy) is 2. The van der Waals surface area contributed by atoms with E-state index < -0.39 is 17.8 Å². The average Bonchev–Trinajstić information content (AvgIpc) is 2.33. The van der Waals surface area contributed by atoms with Crippen molar-refractivity contribution in [3.05, 3.63) is 23.4 Å². The summed E-state index contributed by atoms with van der Waals surface area (Å²) in [6, 6.07) is 2.16. The second kappa shape index (κ2) is 5.90. The number of carbonyl (C=O) groups is 1. The lowest BCUT2D eigenvalue weighted by atomic mass is 10.2. The van der Waals surface area contributed by atoms with Crippen molar-refractivity contribution in [1.82, 2.24) is 4.98 Å². The zero-order valence-corrected chi connectivity index (χ0v) is 9.40. The highest BCUT2D eigenvalue weighted by atomic mass is 19.4. The molecule has 2 N–H and O–H groups in total. The van der Waals surface area contributed by atoms with Gasteiger partial charge in [-0.25, -0.2) is 9.78 Å². The number of halogens is 3. The molecule has 1 aromatic heterocycles. The first-order valence-corrected chi connectivity index (χ1v) is 4.87. The summed E-state index contributed by atoms with van der Waals surface area (Å²) in [5, 5.41) is 8.71. The van der Waals surface area contributed by atoms with Crippen molar-refractivity contribution in [2.45, 2.75) is 6.18 Å². The molecule has 102 valence electrons. The van der Waals surface area contributed by atoms with Crippen molar-refractivity contribution in [3.8, 4) is 11.9 Å². The highest BCUT2D eigenvalue weighted by Gasteiger charge is 2.32. The molecule has 0 atom stereocenters. The minimum absolute atomic E-state index is 0.185. The van der Waals surface area contributed by atoms with E-state index in [-0.39, 0.29) is 24.7 Å². The lowest BCUT2D eigenvalue weighted by molar-refractivity contribution is -0.137. The Balaban J connectivity index is 2.75. The van der Waals surface area contributed by atoms with Crippen molar-refractivity contribution in [3.63, 3.8) is 0 Å². The molecule has 0 aliphatic heterocycles. The lowest BCUT2D eigenvalue weighted by Crippen LogP contribution is -2.18. The van der Waals surface area contributed by atoms with E-state index in [0.29, 0.717) is 12.3 Å². The smallest absolute Gasteiger partial charge is 0.417 e. The molecule has 1 amide bonds. The SMILES string of the molecule is N#Cc1cc(C(F)(F)F)cnc1OCCOC(N)=O. The number of amides is 1. The van der Waals surface area contributed by atoms with Gasteiger partial charge in [-0.15, -0.1) is 0 Å². The van der Waals surface area contributed by atoms with E-state index in [9.17, 15) is 18.0 Å². The lowest BCUT2D eigenvalue weighted by Gasteiger charge is -2.09. The molecule has 1 aromatic rings. The summed E-state index contributed by atoms with van der Waals surface area (Å²) in [4.78, 5) is 13.6. The zero-order chi connectivity index (χ0) is 14.5. The van der Waals surface area contributed by atoms with Crippen molar-refractivity contribution < 1.29 is 27.4 Å². The van der Waals surface area contributed by atoms with Gasteiger partial charge in [-0.3, -0.25) is 0 Å². The Kier molecular flexibility index (Phi) is 4.52. The predicted octanol–water partition coefficient (Wildman–Crippen LogP) is 1.45. The van der Waals surface area contributed by atoms with E-state index in [0.717, 1.165) is 0 Å². The maximum absolute atomic E-state index is 12.4. The fraction of sp³-hybridized carbons (Fsp3) is 0.300. The van der Waals surface area contributed by atoms with Crippen LogP contribution in [0.2, 0.25) is 0 Å². The van der Waals surface area contributed by atoms with Crippen LogP contribution in [0.15, 0.2) is 12.3 Å². The molecule has 0 saturated carbocycles. The molecule has 1 rings (SSSR count). The third-order valence-electron chi connectivity index (χ3n) is 1.87. The van der Waals surface area contributed by atoms with Crippen molar-refractivity contribution in [1.29, 1.82) is 5.26 Å². The molecule has 0 aliphatic rings. The monoisotopic (exact) mass is 275 g/mol. The zero-order valence-electron chi connectivity index (χ0n) is 9.40. The number of primary amides is 1. The average molecular weight is 275 g/mol. The van der Waals surface area contributed by atoms with Crippen LogP contribution in [0.5, 0.6) is 5.88 Å². The van der Waals surface area contributed by atoms with E-state index in [4.69, 9.17) is 10.00 Å². The van der Waals surface area contributed by atoms with Gasteiger partial charge in [-0.05, 0) is 6.07 Å². The summed E-state index contributed by atoms with van der Waals surface area (Å²) in [5.74, 6) is -0.274. The largest absolute Gasteiger partial charge is 0.473 e. The topological polar surface area (TPSA) is 98.2 Å². The van der Waals surface area contributed by atoms with Crippen LogP contribution in [-0.2, 0) is 10.9 Å². The van der Waals surface area contributed by atoms with E-state index in [1.165, 1.54) is 6.07 Å². The van der Waals surface area contributed by atoms with Gasteiger partial charge in [0.15, 0.2) is 0 Å². The van der Waals surface area contributed by atoms with Gasteiger partial charge in [-0.2, -0.15) is 18.4 Å². The minimum Gasteiger partial charge on any atom is -0.473 e. The molecule has 0 spiro atoms. The molecule has 0 radical (unpaired) electrons. The van der Waals surface area contributed by atoms with Crippen molar-refractivity contribution >= 4 is 6.09 Å². The molecule has 0 bridgehead atoms. The molecule has 1 heterocycles. The van der Waals surface area contributed by atoms with Gasteiger partial charge in [0.1, 0.15) is 24.8 Å². The molecule has 0 aromatic carbocycles. The van der Waals surface area contributed by atoms with Crippen LogP contribution in [0.3, 0.4) is 0 Å². The molecule has 6 nitrogen and oxygen atoms in total. The first-order chi connectivity index (χ1) is 8.84. The summed E-state index contributed by atoms with van der Waals surface area (Å²) < 4.78 is 46.4. The van der Waals surface area contributed by atoms with Gasteiger partial charge in [0.05, 0.1) is 5.56 Å². The molecule has 9 heteroatoms. The van der Waals surface area contributed by atoms with Gasteiger partial charge in [0.25, 0.3) is 0 Å². The van der Waals surface area contributed by atoms with Gasteiger partial charge in [-0.1, -0.05) is 0 Å². The van der Waals surface area contributed by atoms with Crippen molar-refractivity contribution in [2.24, 2.45) is 5.73 Å². The summed E-state index contributed by atoms with van der Waals surface area (Å²) in [6.07, 6.45) is -5.05. The Morgan fingerprint density at radius 1 is 1.47 bits per heavy atom. The first-order valence-electron chi connectivity index (χ1n) is 4.87. The van der Waals surface area contributed by atoms with Crippen LogP contribution in [0.25, 0.3) is 0 Å². The molecule has 0 unspecified atom stereocenters. The van der Waals surface area contributed by atoms with E-state index in [1.807, 2.05) is 0 Å². The Morgan fingerprint density at radius 3 is 2.68 bits per heavy atom. The molecule has 0 saturated heterocycles. The predicted molar refractivity (Wildman–Crippen MR) is 55.0 cm³/mol. The van der Waals surface area contributed by atoms with Crippen LogP contribution < -0.4 is 10.5 Å². The van der Waals surface area contributed by atoms with Crippen molar-refractivity contribution in [2.75, 3.05) is 13.2 Å². The third kappa shape index (κ3) is 4.34. The Labute approximate surface area is 105 Å². The van der Waals surface area contributed by atoms with Gasteiger partial charge < -0.3 is 15.2 Å². The van der Waals surface area contributed by atoms with E-state index >= 15 is 0 Å². The van der Waals surface area contributed by atoms with E-state index in [2.05, 4.69) is 15.5 Å². The molecule has 0 fully saturated rings. The maximum Gasteiger partial charge on any atom is 0.417 e. The molecule has 0 aliphatic carbocycles. The molecular weight excluding hydrogens is 267 g/mol. The third-order valence-corrected chi connectivity index (χ3v) is 1.87. The van der Waals surface area contributed by atoms with Gasteiger partial charge in [0, 0.05) is 6.20 Å². The fourth-order valence-electron chi connectivity index (χ4n) is 1.08. The number of alkyl halides is 3. The fourth-order valence-corrected chi connectivity index (χ4v) is 1.08. The second-order valence-corrected chi connectivity index (χ2v) is 3.20. The van der Waals surface area contributed by atoms with Gasteiger partial charge in [0.2, 0.25) is 5.88 Å². The highest BCUT2D eigenvalue weighted by molar-refractivity contribution is 5.64. The molecule has 19 heavy (non-hydrogen) atoms. The summed E-state index contributed by atoms with van der Waals surface area (Å²) in [7, 11) is 0. The molecular formula is C10H8F3N3O3. The number of nitriles is 1. The number of nitrogens with two attached hydrogens (primary N) is 1. The second-order valence-electron chi connectivity index (χ2n) is 3.20. The summed E-state index contributed by atoms with van der Waals surface area (Å²) in [6.45, 7) is -0.390. The van der Waals surface area contributed by atoms with Gasteiger partial charge >= 0.3 is 12.3 Å². The first kappa shape index (κ1) is 14.6. The normalized spacial score (nSPS) is 10.6. The number of aromatic nitrogens is 1. The van der Waals surface area contributed by atoms with E-state index in [1.54, 1.807) is 0 Å². The number of nitrogens with zero attached hydrogens (tertiary/aromatic N) is 2. The quantitative estimate of drug-likeness (QED) is 0.838. The van der Waals surface area contributed by atoms with Crippen LogP contribution >= 0.6 is 0 Å². The number of hydrogen-bond donors (Lipinski definition) is 1. The number of rotatable bonds is 4. The maximum atomic E-state index is 12.4. The summed E-state index contributed by atoms with van der Waals surface area (Å²) in [5.41, 5.74) is 3.27. The Hall–Kier alpha value is -2.50. The highest BCUT2D eigenvalue weighted by Crippen LogP contribution is 2.30. The minimum atomic E-state index is -4.59. The number of hydrogen-bond acceptors (Lipinski definition) is 5. The van der Waals surface area contributed by atoms with Crippen LogP contribution in [0.4, 0.5) is 18.0 Å². The van der Waals surface area contributed by atoms with Crippen LogP contribution in [0.1, 0.15) is 11.1 Å². The Morgan fingerprint density at radius 2 is 2.16 bits per heavy atom. The van der Waals surface area contributed by atoms with Crippen LogP contribution in [0, 0.1) is 11.3 Å².